The van der Waals surface area contributed by atoms with E-state index in [4.69, 9.17) is 24.9 Å². The van der Waals surface area contributed by atoms with Crippen molar-refractivity contribution in [2.24, 2.45) is 5.73 Å². The molecule has 0 saturated carbocycles. The Morgan fingerprint density at radius 3 is 1.69 bits per heavy atom. The number of hydrogen-bond donors (Lipinski definition) is 5. The van der Waals surface area contributed by atoms with Crippen LogP contribution in [0, 0.1) is 6.92 Å². The van der Waals surface area contributed by atoms with Crippen LogP contribution in [-0.2, 0) is 5.54 Å². The molecule has 5 nitrogen and oxygen atoms in total. The van der Waals surface area contributed by atoms with Gasteiger partial charge in [0.2, 0.25) is 0 Å². The second-order valence-electron chi connectivity index (χ2n) is 4.14. The Morgan fingerprint density at radius 1 is 1.06 bits per heavy atom. The summed E-state index contributed by atoms with van der Waals surface area (Å²) in [5.74, 6) is 0. The van der Waals surface area contributed by atoms with Crippen molar-refractivity contribution in [2.75, 3.05) is 0 Å². The maximum absolute atomic E-state index is 7.33. The van der Waals surface area contributed by atoms with Gasteiger partial charge in [-0.2, -0.15) is 0 Å². The largest absolute Gasteiger partial charge is 0.668 e. The van der Waals surface area contributed by atoms with E-state index in [-0.39, 0.29) is 5.54 Å². The molecule has 0 radical (unpaired) electrons. The topological polar surface area (TPSA) is 107 Å². The van der Waals surface area contributed by atoms with Gasteiger partial charge >= 0.3 is 9.05 Å². The normalized spacial score (nSPS) is 11.8. The molecule has 0 bridgehead atoms. The highest BCUT2D eigenvalue weighted by Gasteiger charge is 2.22. The fraction of sp³-hybridized carbons (Fsp3) is 0.400. The van der Waals surface area contributed by atoms with E-state index in [1.54, 1.807) is 0 Å². The molecule has 6 heteroatoms. The van der Waals surface area contributed by atoms with Crippen molar-refractivity contribution in [1.29, 1.82) is 0 Å². The van der Waals surface area contributed by atoms with Gasteiger partial charge in [0.05, 0.1) is 0 Å². The predicted octanol–water partition coefficient (Wildman–Crippen LogP) is -0.420. The summed E-state index contributed by atoms with van der Waals surface area (Å²) in [7, 11) is -4.61. The Kier molecular flexibility index (Phi) is 5.27. The Hall–Kier alpha value is -0.763. The van der Waals surface area contributed by atoms with Gasteiger partial charge in [0.1, 0.15) is 0 Å². The lowest BCUT2D eigenvalue weighted by atomic mass is 9.92. The van der Waals surface area contributed by atoms with Crippen LogP contribution in [0.5, 0.6) is 0 Å². The molecular formula is C10H19NO4Si. The summed E-state index contributed by atoms with van der Waals surface area (Å²) >= 11 is 0. The number of benzene rings is 1. The van der Waals surface area contributed by atoms with Crippen LogP contribution in [0.3, 0.4) is 0 Å². The van der Waals surface area contributed by atoms with E-state index in [2.05, 4.69) is 19.1 Å². The van der Waals surface area contributed by atoms with Gasteiger partial charge in [-0.3, -0.25) is 0 Å². The maximum atomic E-state index is 7.33. The van der Waals surface area contributed by atoms with Gasteiger partial charge in [-0.15, -0.1) is 0 Å². The number of rotatable bonds is 1. The molecule has 0 aliphatic heterocycles. The molecule has 0 aliphatic carbocycles. The van der Waals surface area contributed by atoms with E-state index in [9.17, 15) is 0 Å². The van der Waals surface area contributed by atoms with E-state index < -0.39 is 9.05 Å². The van der Waals surface area contributed by atoms with Gasteiger partial charge in [-0.1, -0.05) is 24.3 Å². The lowest BCUT2D eigenvalue weighted by Crippen LogP contribution is -2.33. The van der Waals surface area contributed by atoms with E-state index >= 15 is 0 Å². The van der Waals surface area contributed by atoms with Crippen LogP contribution in [0.15, 0.2) is 24.3 Å². The first-order chi connectivity index (χ1) is 7.02. The quantitative estimate of drug-likeness (QED) is 0.432. The van der Waals surface area contributed by atoms with Crippen molar-refractivity contribution in [2.45, 2.75) is 26.3 Å². The zero-order valence-electron chi connectivity index (χ0n) is 9.68. The van der Waals surface area contributed by atoms with E-state index in [1.807, 2.05) is 26.0 Å². The molecule has 0 saturated heterocycles. The average molecular weight is 245 g/mol. The fourth-order valence-electron chi connectivity index (χ4n) is 1.30. The van der Waals surface area contributed by atoms with Gasteiger partial charge in [0, 0.05) is 5.54 Å². The van der Waals surface area contributed by atoms with E-state index in [1.165, 1.54) is 11.1 Å². The molecule has 0 spiro atoms. The highest BCUT2D eigenvalue weighted by atomic mass is 28.4. The second-order valence-corrected chi connectivity index (χ2v) is 5.34. The molecule has 92 valence electrons. The van der Waals surface area contributed by atoms with Crippen LogP contribution in [0.2, 0.25) is 0 Å². The minimum Gasteiger partial charge on any atom is -0.368 e. The maximum Gasteiger partial charge on any atom is 0.668 e. The number of aryl methyl sites for hydroxylation is 1. The van der Waals surface area contributed by atoms with Gasteiger partial charge in [0.15, 0.2) is 0 Å². The number of hydrogen-bond acceptors (Lipinski definition) is 5. The first-order valence-corrected chi connectivity index (χ1v) is 6.55. The summed E-state index contributed by atoms with van der Waals surface area (Å²) in [4.78, 5) is 29.3. The first kappa shape index (κ1) is 15.2. The molecule has 1 aromatic rings. The third-order valence-electron chi connectivity index (χ3n) is 1.84. The monoisotopic (exact) mass is 245 g/mol. The average Bonchev–Trinajstić information content (AvgIpc) is 1.99. The van der Waals surface area contributed by atoms with Crippen molar-refractivity contribution in [3.63, 3.8) is 0 Å². The van der Waals surface area contributed by atoms with Crippen LogP contribution in [0.1, 0.15) is 25.0 Å². The summed E-state index contributed by atoms with van der Waals surface area (Å²) in [5, 5.41) is 0. The molecule has 0 atom stereocenters. The summed E-state index contributed by atoms with van der Waals surface area (Å²) in [6.45, 7) is 6.13. The summed E-state index contributed by atoms with van der Waals surface area (Å²) in [6.07, 6.45) is 0. The molecule has 6 N–H and O–H groups in total. The Labute approximate surface area is 96.3 Å². The Bertz CT molecular complexity index is 324. The summed E-state index contributed by atoms with van der Waals surface area (Å²) in [5.41, 5.74) is 8.23. The highest BCUT2D eigenvalue weighted by Crippen LogP contribution is 2.19. The fourth-order valence-corrected chi connectivity index (χ4v) is 1.30. The van der Waals surface area contributed by atoms with Crippen LogP contribution in [-0.4, -0.2) is 28.2 Å². The lowest BCUT2D eigenvalue weighted by molar-refractivity contribution is 0.117. The van der Waals surface area contributed by atoms with E-state index in [0.29, 0.717) is 0 Å². The Balaban J connectivity index is 0.000000385. The first-order valence-electron chi connectivity index (χ1n) is 4.76. The molecule has 1 aromatic carbocycles. The third kappa shape index (κ3) is 7.52. The standard InChI is InChI=1S/C10H15N.H4O4Si/c1-8-6-4-5-7-9(8)10(2,3)11;1-5(2,3)4/h4-7H,11H2,1-3H3;1-4H. The number of nitrogens with two attached hydrogens (primary N) is 1. The van der Waals surface area contributed by atoms with E-state index in [0.717, 1.165) is 0 Å². The van der Waals surface area contributed by atoms with Crippen LogP contribution >= 0.6 is 0 Å². The van der Waals surface area contributed by atoms with Gasteiger partial charge < -0.3 is 24.9 Å². The smallest absolute Gasteiger partial charge is 0.368 e. The second kappa shape index (κ2) is 5.53. The van der Waals surface area contributed by atoms with Crippen LogP contribution in [0.25, 0.3) is 0 Å². The molecule has 0 fully saturated rings. The van der Waals surface area contributed by atoms with Crippen LogP contribution in [0.4, 0.5) is 0 Å². The van der Waals surface area contributed by atoms with Crippen molar-refractivity contribution < 1.29 is 19.2 Å². The van der Waals surface area contributed by atoms with Crippen molar-refractivity contribution in [1.82, 2.24) is 0 Å². The highest BCUT2D eigenvalue weighted by molar-refractivity contribution is 6.46. The van der Waals surface area contributed by atoms with Crippen molar-refractivity contribution in [3.05, 3.63) is 35.4 Å². The molecule has 0 amide bonds. The summed E-state index contributed by atoms with van der Waals surface area (Å²) in [6, 6.07) is 8.22. The van der Waals surface area contributed by atoms with Gasteiger partial charge in [-0.05, 0) is 31.9 Å². The summed E-state index contributed by atoms with van der Waals surface area (Å²) < 4.78 is 0. The van der Waals surface area contributed by atoms with Crippen molar-refractivity contribution in [3.8, 4) is 0 Å². The minimum atomic E-state index is -4.61. The van der Waals surface area contributed by atoms with Crippen molar-refractivity contribution >= 4 is 9.05 Å². The Morgan fingerprint density at radius 2 is 1.44 bits per heavy atom. The molecule has 0 aliphatic rings. The molecule has 16 heavy (non-hydrogen) atoms. The minimum absolute atomic E-state index is 0.217. The lowest BCUT2D eigenvalue weighted by Gasteiger charge is -2.21. The molecule has 0 heterocycles. The molecule has 0 aromatic heterocycles. The van der Waals surface area contributed by atoms with Gasteiger partial charge in [0.25, 0.3) is 0 Å². The zero-order valence-corrected chi connectivity index (χ0v) is 10.7. The zero-order chi connectivity index (χ0) is 13.0. The molecule has 0 unspecified atom stereocenters. The van der Waals surface area contributed by atoms with Gasteiger partial charge in [-0.25, -0.2) is 0 Å². The third-order valence-corrected chi connectivity index (χ3v) is 1.84. The van der Waals surface area contributed by atoms with Crippen LogP contribution < -0.4 is 5.73 Å². The molecule has 1 rings (SSSR count). The molecular weight excluding hydrogens is 226 g/mol. The predicted molar refractivity (Wildman–Crippen MR) is 63.0 cm³/mol. The SMILES string of the molecule is Cc1ccccc1C(C)(C)N.O[Si](O)(O)O.